The number of hydrogen-bond acceptors (Lipinski definition) is 4. The molecule has 2 aromatic carbocycles. The third-order valence-electron chi connectivity index (χ3n) is 4.14. The standard InChI is InChI=1S/C18H15F2N3O/c19-18(20)13-5-2-6-16-14(13)8-17(24)15(22)10-23(16)12-4-1-3-11(7-12)9-21/h1-7,15,18H,8,10,22H2/t15-/m0/s1. The lowest BCUT2D eigenvalue weighted by atomic mass is 9.99. The second kappa shape index (κ2) is 6.38. The Morgan fingerprint density at radius 1 is 1.25 bits per heavy atom. The van der Waals surface area contributed by atoms with Crippen LogP contribution in [0, 0.1) is 11.3 Å². The van der Waals surface area contributed by atoms with Gasteiger partial charge in [0.05, 0.1) is 17.7 Å². The first-order valence-electron chi connectivity index (χ1n) is 7.47. The Kier molecular flexibility index (Phi) is 4.28. The fraction of sp³-hybridized carbons (Fsp3) is 0.222. The number of nitrogens with zero attached hydrogens (tertiary/aromatic N) is 2. The van der Waals surface area contributed by atoms with Crippen molar-refractivity contribution in [3.63, 3.8) is 0 Å². The van der Waals surface area contributed by atoms with Crippen molar-refractivity contribution in [1.29, 1.82) is 5.26 Å². The maximum Gasteiger partial charge on any atom is 0.264 e. The highest BCUT2D eigenvalue weighted by molar-refractivity contribution is 5.91. The summed E-state index contributed by atoms with van der Waals surface area (Å²) in [6.07, 6.45) is -2.79. The van der Waals surface area contributed by atoms with Crippen LogP contribution in [0.1, 0.15) is 23.1 Å². The average Bonchev–Trinajstić information content (AvgIpc) is 2.71. The maximum absolute atomic E-state index is 13.4. The van der Waals surface area contributed by atoms with Gasteiger partial charge >= 0.3 is 0 Å². The third-order valence-corrected chi connectivity index (χ3v) is 4.14. The summed E-state index contributed by atoms with van der Waals surface area (Å²) < 4.78 is 26.7. The van der Waals surface area contributed by atoms with Crippen LogP contribution >= 0.6 is 0 Å². The van der Waals surface area contributed by atoms with Gasteiger partial charge in [-0.05, 0) is 29.8 Å². The summed E-state index contributed by atoms with van der Waals surface area (Å²) in [7, 11) is 0. The summed E-state index contributed by atoms with van der Waals surface area (Å²) in [5.74, 6) is -0.275. The molecule has 2 aromatic rings. The van der Waals surface area contributed by atoms with Crippen molar-refractivity contribution in [2.75, 3.05) is 11.4 Å². The molecule has 0 fully saturated rings. The molecule has 1 aliphatic heterocycles. The van der Waals surface area contributed by atoms with Crippen molar-refractivity contribution in [3.8, 4) is 6.07 Å². The van der Waals surface area contributed by atoms with Gasteiger partial charge in [0, 0.05) is 29.9 Å². The molecule has 2 N–H and O–H groups in total. The molecule has 0 spiro atoms. The highest BCUT2D eigenvalue weighted by Crippen LogP contribution is 2.36. The van der Waals surface area contributed by atoms with Gasteiger partial charge in [0.2, 0.25) is 0 Å². The van der Waals surface area contributed by atoms with Gasteiger partial charge < -0.3 is 10.6 Å². The van der Waals surface area contributed by atoms with Gasteiger partial charge in [-0.15, -0.1) is 0 Å². The Balaban J connectivity index is 2.19. The predicted molar refractivity (Wildman–Crippen MR) is 86.2 cm³/mol. The molecule has 0 radical (unpaired) electrons. The Hall–Kier alpha value is -2.78. The van der Waals surface area contributed by atoms with Gasteiger partial charge in [0.1, 0.15) is 0 Å². The summed E-state index contributed by atoms with van der Waals surface area (Å²) in [6.45, 7) is 0.174. The first kappa shape index (κ1) is 16.1. The van der Waals surface area contributed by atoms with E-state index in [-0.39, 0.29) is 24.3 Å². The highest BCUT2D eigenvalue weighted by atomic mass is 19.3. The molecule has 1 atom stereocenters. The number of anilines is 2. The van der Waals surface area contributed by atoms with E-state index in [9.17, 15) is 13.6 Å². The van der Waals surface area contributed by atoms with Crippen LogP contribution in [0.25, 0.3) is 0 Å². The van der Waals surface area contributed by atoms with Crippen LogP contribution in [0.4, 0.5) is 20.2 Å². The van der Waals surface area contributed by atoms with Gasteiger partial charge in [-0.2, -0.15) is 5.26 Å². The van der Waals surface area contributed by atoms with Gasteiger partial charge in [0.15, 0.2) is 5.78 Å². The Labute approximate surface area is 138 Å². The molecule has 6 heteroatoms. The topological polar surface area (TPSA) is 70.1 Å². The summed E-state index contributed by atoms with van der Waals surface area (Å²) in [4.78, 5) is 13.9. The van der Waals surface area contributed by atoms with Crippen molar-refractivity contribution in [2.45, 2.75) is 18.9 Å². The lowest BCUT2D eigenvalue weighted by molar-refractivity contribution is -0.119. The molecule has 24 heavy (non-hydrogen) atoms. The van der Waals surface area contributed by atoms with E-state index in [2.05, 4.69) is 6.07 Å². The number of fused-ring (bicyclic) bond motifs is 1. The molecule has 0 bridgehead atoms. The molecule has 122 valence electrons. The highest BCUT2D eigenvalue weighted by Gasteiger charge is 2.29. The van der Waals surface area contributed by atoms with Crippen molar-refractivity contribution in [1.82, 2.24) is 0 Å². The number of rotatable bonds is 2. The summed E-state index contributed by atoms with van der Waals surface area (Å²) in [5, 5.41) is 9.08. The largest absolute Gasteiger partial charge is 0.339 e. The van der Waals surface area contributed by atoms with Crippen molar-refractivity contribution < 1.29 is 13.6 Å². The van der Waals surface area contributed by atoms with E-state index in [1.165, 1.54) is 6.07 Å². The normalized spacial score (nSPS) is 17.4. The molecular weight excluding hydrogens is 312 g/mol. The van der Waals surface area contributed by atoms with Crippen LogP contribution in [0.2, 0.25) is 0 Å². The maximum atomic E-state index is 13.4. The smallest absolute Gasteiger partial charge is 0.264 e. The zero-order valence-electron chi connectivity index (χ0n) is 12.7. The number of nitriles is 1. The molecule has 0 aromatic heterocycles. The van der Waals surface area contributed by atoms with Gasteiger partial charge in [-0.25, -0.2) is 8.78 Å². The van der Waals surface area contributed by atoms with Crippen molar-refractivity contribution >= 4 is 17.2 Å². The van der Waals surface area contributed by atoms with Crippen LogP contribution in [0.5, 0.6) is 0 Å². The predicted octanol–water partition coefficient (Wildman–Crippen LogP) is 3.09. The number of carbonyl (C=O) groups is 1. The molecule has 0 saturated carbocycles. The monoisotopic (exact) mass is 327 g/mol. The lowest BCUT2D eigenvalue weighted by Crippen LogP contribution is -2.39. The van der Waals surface area contributed by atoms with Crippen LogP contribution in [-0.4, -0.2) is 18.4 Å². The number of carbonyl (C=O) groups excluding carboxylic acids is 1. The molecule has 0 amide bonds. The molecule has 4 nitrogen and oxygen atoms in total. The summed E-state index contributed by atoms with van der Waals surface area (Å²) in [5.41, 5.74) is 7.71. The molecule has 3 rings (SSSR count). The second-order valence-corrected chi connectivity index (χ2v) is 5.67. The molecule has 1 aliphatic rings. The molecule has 0 aliphatic carbocycles. The van der Waals surface area contributed by atoms with Crippen LogP contribution in [0.15, 0.2) is 42.5 Å². The van der Waals surface area contributed by atoms with E-state index < -0.39 is 12.5 Å². The van der Waals surface area contributed by atoms with Gasteiger partial charge in [-0.1, -0.05) is 18.2 Å². The second-order valence-electron chi connectivity index (χ2n) is 5.67. The number of benzene rings is 2. The fourth-order valence-corrected chi connectivity index (χ4v) is 2.93. The molecular formula is C18H15F2N3O. The number of Topliss-reactive ketones (excluding diaryl/α,β-unsaturated/α-hetero) is 1. The number of nitrogens with two attached hydrogens (primary N) is 1. The van der Waals surface area contributed by atoms with E-state index in [0.29, 0.717) is 22.5 Å². The van der Waals surface area contributed by atoms with Crippen LogP contribution in [0.3, 0.4) is 0 Å². The third kappa shape index (κ3) is 2.86. The minimum Gasteiger partial charge on any atom is -0.339 e. The SMILES string of the molecule is N#Cc1cccc(N2C[C@H](N)C(=O)Cc3c(C(F)F)cccc32)c1. The van der Waals surface area contributed by atoms with E-state index in [1.807, 2.05) is 0 Å². The van der Waals surface area contributed by atoms with Crippen molar-refractivity contribution in [2.24, 2.45) is 5.73 Å². The minimum atomic E-state index is -2.67. The Morgan fingerprint density at radius 2 is 2.00 bits per heavy atom. The van der Waals surface area contributed by atoms with Crippen LogP contribution < -0.4 is 10.6 Å². The quantitative estimate of drug-likeness (QED) is 0.920. The molecule has 0 unspecified atom stereocenters. The van der Waals surface area contributed by atoms with E-state index in [1.54, 1.807) is 41.3 Å². The first-order chi connectivity index (χ1) is 11.5. The number of halogens is 2. The first-order valence-corrected chi connectivity index (χ1v) is 7.47. The zero-order chi connectivity index (χ0) is 17.3. The van der Waals surface area contributed by atoms with E-state index >= 15 is 0 Å². The van der Waals surface area contributed by atoms with E-state index in [4.69, 9.17) is 11.0 Å². The summed E-state index contributed by atoms with van der Waals surface area (Å²) >= 11 is 0. The zero-order valence-corrected chi connectivity index (χ0v) is 12.7. The van der Waals surface area contributed by atoms with E-state index in [0.717, 1.165) is 0 Å². The summed E-state index contributed by atoms with van der Waals surface area (Å²) in [6, 6.07) is 12.6. The van der Waals surface area contributed by atoms with Gasteiger partial charge in [-0.3, -0.25) is 4.79 Å². The number of ketones is 1. The number of alkyl halides is 2. The lowest BCUT2D eigenvalue weighted by Gasteiger charge is -2.27. The molecule has 1 heterocycles. The Morgan fingerprint density at radius 3 is 2.71 bits per heavy atom. The van der Waals surface area contributed by atoms with Gasteiger partial charge in [0.25, 0.3) is 6.43 Å². The van der Waals surface area contributed by atoms with Crippen molar-refractivity contribution in [3.05, 3.63) is 59.2 Å². The minimum absolute atomic E-state index is 0.120. The van der Waals surface area contributed by atoms with Crippen LogP contribution in [-0.2, 0) is 11.2 Å². The number of hydrogen-bond donors (Lipinski definition) is 1. The fourth-order valence-electron chi connectivity index (χ4n) is 2.93. The Bertz CT molecular complexity index is 829. The molecule has 0 saturated heterocycles. The average molecular weight is 327 g/mol.